The van der Waals surface area contributed by atoms with Gasteiger partial charge in [-0.1, -0.05) is 24.7 Å². The minimum atomic E-state index is -3.53. The molecule has 0 atom stereocenters. The van der Waals surface area contributed by atoms with Gasteiger partial charge >= 0.3 is 0 Å². The van der Waals surface area contributed by atoms with Crippen molar-refractivity contribution in [3.05, 3.63) is 18.2 Å². The summed E-state index contributed by atoms with van der Waals surface area (Å²) in [4.78, 5) is 16.4. The number of anilines is 1. The highest BCUT2D eigenvalue weighted by Gasteiger charge is 2.26. The fourth-order valence-electron chi connectivity index (χ4n) is 2.57. The van der Waals surface area contributed by atoms with Crippen molar-refractivity contribution in [2.45, 2.75) is 31.1 Å². The summed E-state index contributed by atoms with van der Waals surface area (Å²) in [5.74, 6) is -0.0675. The number of morpholine rings is 1. The lowest BCUT2D eigenvalue weighted by molar-refractivity contribution is -0.116. The minimum Gasteiger partial charge on any atom is -0.379 e. The summed E-state index contributed by atoms with van der Waals surface area (Å²) in [5, 5.41) is 3.28. The quantitative estimate of drug-likeness (QED) is 0.828. The van der Waals surface area contributed by atoms with E-state index < -0.39 is 10.0 Å². The molecule has 0 unspecified atom stereocenters. The third-order valence-corrected chi connectivity index (χ3v) is 6.80. The lowest BCUT2D eigenvalue weighted by Gasteiger charge is -2.25. The lowest BCUT2D eigenvalue weighted by Crippen LogP contribution is -2.40. The fourth-order valence-corrected chi connectivity index (χ4v) is 5.00. The zero-order valence-corrected chi connectivity index (χ0v) is 15.7. The Hall–Kier alpha value is -1.55. The molecule has 1 N–H and O–H groups in total. The normalized spacial score (nSPS) is 16.2. The Morgan fingerprint density at radius 3 is 2.84 bits per heavy atom. The van der Waals surface area contributed by atoms with Crippen LogP contribution in [0.15, 0.2) is 23.1 Å². The first-order valence-electron chi connectivity index (χ1n) is 8.29. The molecule has 9 heteroatoms. The van der Waals surface area contributed by atoms with E-state index in [9.17, 15) is 13.2 Å². The van der Waals surface area contributed by atoms with Gasteiger partial charge in [-0.3, -0.25) is 4.79 Å². The number of sulfonamides is 1. The molecule has 0 saturated carbocycles. The Morgan fingerprint density at radius 1 is 1.36 bits per heavy atom. The van der Waals surface area contributed by atoms with Crippen LogP contribution in [-0.2, 0) is 19.6 Å². The van der Waals surface area contributed by atoms with Crippen LogP contribution in [0.2, 0.25) is 0 Å². The summed E-state index contributed by atoms with van der Waals surface area (Å²) in [6.45, 7) is 3.58. The van der Waals surface area contributed by atoms with Crippen LogP contribution in [0.4, 0.5) is 5.13 Å². The second-order valence-corrected chi connectivity index (χ2v) is 8.79. The van der Waals surface area contributed by atoms with Crippen molar-refractivity contribution in [1.82, 2.24) is 9.29 Å². The van der Waals surface area contributed by atoms with Crippen molar-refractivity contribution in [1.29, 1.82) is 0 Å². The maximum absolute atomic E-state index is 12.7. The molecule has 136 valence electrons. The number of carbonyl (C=O) groups excluding carboxylic acids is 1. The van der Waals surface area contributed by atoms with Crippen molar-refractivity contribution in [3.8, 4) is 0 Å². The number of amides is 1. The Labute approximate surface area is 151 Å². The van der Waals surface area contributed by atoms with Crippen molar-refractivity contribution >= 4 is 42.6 Å². The van der Waals surface area contributed by atoms with Gasteiger partial charge in [0.05, 0.1) is 28.3 Å². The maximum atomic E-state index is 12.7. The predicted molar refractivity (Wildman–Crippen MR) is 97.4 cm³/mol. The van der Waals surface area contributed by atoms with Gasteiger partial charge in [0, 0.05) is 19.5 Å². The second kappa shape index (κ2) is 7.77. The molecule has 1 aromatic carbocycles. The number of benzene rings is 1. The molecule has 25 heavy (non-hydrogen) atoms. The van der Waals surface area contributed by atoms with Gasteiger partial charge in [0.2, 0.25) is 15.9 Å². The monoisotopic (exact) mass is 383 g/mol. The van der Waals surface area contributed by atoms with E-state index in [0.717, 1.165) is 17.5 Å². The largest absolute Gasteiger partial charge is 0.379 e. The van der Waals surface area contributed by atoms with Crippen LogP contribution in [0, 0.1) is 0 Å². The van der Waals surface area contributed by atoms with Crippen LogP contribution in [0.1, 0.15) is 26.2 Å². The van der Waals surface area contributed by atoms with Crippen LogP contribution >= 0.6 is 11.3 Å². The zero-order valence-electron chi connectivity index (χ0n) is 14.0. The number of hydrogen-bond donors (Lipinski definition) is 1. The molecule has 2 heterocycles. The highest BCUT2D eigenvalue weighted by molar-refractivity contribution is 7.89. The predicted octanol–water partition coefficient (Wildman–Crippen LogP) is 2.45. The van der Waals surface area contributed by atoms with E-state index in [1.807, 2.05) is 6.92 Å². The first-order chi connectivity index (χ1) is 12.0. The SMILES string of the molecule is CCCCC(=O)Nc1nc2ccc(S(=O)(=O)N3CCOCC3)cc2s1. The van der Waals surface area contributed by atoms with E-state index in [4.69, 9.17) is 4.74 Å². The van der Waals surface area contributed by atoms with Crippen molar-refractivity contribution in [3.63, 3.8) is 0 Å². The smallest absolute Gasteiger partial charge is 0.243 e. The summed E-state index contributed by atoms with van der Waals surface area (Å²) >= 11 is 1.29. The zero-order chi connectivity index (χ0) is 17.9. The highest BCUT2D eigenvalue weighted by atomic mass is 32.2. The van der Waals surface area contributed by atoms with E-state index in [-0.39, 0.29) is 10.8 Å². The average Bonchev–Trinajstić information content (AvgIpc) is 3.02. The lowest BCUT2D eigenvalue weighted by atomic mass is 10.2. The third-order valence-electron chi connectivity index (χ3n) is 3.97. The summed E-state index contributed by atoms with van der Waals surface area (Å²) in [7, 11) is -3.53. The van der Waals surface area contributed by atoms with Crippen molar-refractivity contribution in [2.24, 2.45) is 0 Å². The Bertz CT molecular complexity index is 857. The molecule has 1 aromatic heterocycles. The number of nitrogens with zero attached hydrogens (tertiary/aromatic N) is 2. The molecule has 0 bridgehead atoms. The molecule has 0 spiro atoms. The van der Waals surface area contributed by atoms with Gasteiger partial charge in [-0.15, -0.1) is 0 Å². The van der Waals surface area contributed by atoms with Crippen LogP contribution in [0.3, 0.4) is 0 Å². The number of aromatic nitrogens is 1. The van der Waals surface area contributed by atoms with Crippen molar-refractivity contribution in [2.75, 3.05) is 31.6 Å². The van der Waals surface area contributed by atoms with Crippen LogP contribution < -0.4 is 5.32 Å². The van der Waals surface area contributed by atoms with Gasteiger partial charge in [0.1, 0.15) is 0 Å². The molecule has 1 fully saturated rings. The number of rotatable bonds is 6. The number of nitrogens with one attached hydrogen (secondary N) is 1. The Kier molecular flexibility index (Phi) is 5.67. The maximum Gasteiger partial charge on any atom is 0.243 e. The van der Waals surface area contributed by atoms with Gasteiger partial charge in [-0.25, -0.2) is 13.4 Å². The Morgan fingerprint density at radius 2 is 2.12 bits per heavy atom. The topological polar surface area (TPSA) is 88.6 Å². The van der Waals surface area contributed by atoms with Gasteiger partial charge in [0.15, 0.2) is 5.13 Å². The van der Waals surface area contributed by atoms with E-state index in [1.54, 1.807) is 18.2 Å². The number of unbranched alkanes of at least 4 members (excludes halogenated alkanes) is 1. The Balaban J connectivity index is 1.81. The van der Waals surface area contributed by atoms with Crippen molar-refractivity contribution < 1.29 is 17.9 Å². The molecule has 0 radical (unpaired) electrons. The third kappa shape index (κ3) is 4.17. The van der Waals surface area contributed by atoms with E-state index in [1.165, 1.54) is 15.6 Å². The van der Waals surface area contributed by atoms with E-state index in [0.29, 0.717) is 43.4 Å². The number of thiazole rings is 1. The second-order valence-electron chi connectivity index (χ2n) is 5.82. The standard InChI is InChI=1S/C16H21N3O4S2/c1-2-3-4-15(20)18-16-17-13-6-5-12(11-14(13)24-16)25(21,22)19-7-9-23-10-8-19/h5-6,11H,2-4,7-10H2,1H3,(H,17,18,20). The molecule has 1 saturated heterocycles. The number of hydrogen-bond acceptors (Lipinski definition) is 6. The van der Waals surface area contributed by atoms with Gasteiger partial charge < -0.3 is 10.1 Å². The molecule has 1 aliphatic rings. The minimum absolute atomic E-state index is 0.0675. The fraction of sp³-hybridized carbons (Fsp3) is 0.500. The molecule has 3 rings (SSSR count). The average molecular weight is 383 g/mol. The molecule has 0 aliphatic carbocycles. The molecule has 1 amide bonds. The summed E-state index contributed by atoms with van der Waals surface area (Å²) in [5.41, 5.74) is 0.678. The molecule has 2 aromatic rings. The van der Waals surface area contributed by atoms with E-state index in [2.05, 4.69) is 10.3 Å². The first kappa shape index (κ1) is 18.2. The van der Waals surface area contributed by atoms with Gasteiger partial charge in [-0.2, -0.15) is 4.31 Å². The molecule has 1 aliphatic heterocycles. The van der Waals surface area contributed by atoms with Gasteiger partial charge in [0.25, 0.3) is 0 Å². The van der Waals surface area contributed by atoms with Gasteiger partial charge in [-0.05, 0) is 24.6 Å². The highest BCUT2D eigenvalue weighted by Crippen LogP contribution is 2.29. The molecule has 7 nitrogen and oxygen atoms in total. The van der Waals surface area contributed by atoms with Crippen LogP contribution in [0.25, 0.3) is 10.2 Å². The van der Waals surface area contributed by atoms with E-state index >= 15 is 0 Å². The summed E-state index contributed by atoms with van der Waals surface area (Å²) < 4.78 is 32.8. The number of ether oxygens (including phenoxy) is 1. The summed E-state index contributed by atoms with van der Waals surface area (Å²) in [6.07, 6.45) is 2.25. The first-order valence-corrected chi connectivity index (χ1v) is 10.5. The molecular formula is C16H21N3O4S2. The number of carbonyl (C=O) groups is 1. The summed E-state index contributed by atoms with van der Waals surface area (Å²) in [6, 6.07) is 4.87. The molecular weight excluding hydrogens is 362 g/mol. The van der Waals surface area contributed by atoms with Crippen LogP contribution in [-0.4, -0.2) is 49.9 Å². The number of fused-ring (bicyclic) bond motifs is 1. The van der Waals surface area contributed by atoms with Crippen LogP contribution in [0.5, 0.6) is 0 Å².